The van der Waals surface area contributed by atoms with Gasteiger partial charge in [-0.3, -0.25) is 9.69 Å². The van der Waals surface area contributed by atoms with Crippen LogP contribution in [0.15, 0.2) is 24.3 Å². The smallest absolute Gasteiger partial charge is 0.222 e. The fraction of sp³-hybridized carbons (Fsp3) is 0.632. The van der Waals surface area contributed by atoms with Crippen molar-refractivity contribution in [2.45, 2.75) is 45.6 Å². The summed E-state index contributed by atoms with van der Waals surface area (Å²) < 4.78 is 0. The van der Waals surface area contributed by atoms with Gasteiger partial charge in [-0.25, -0.2) is 0 Å². The Kier molecular flexibility index (Phi) is 13.0. The molecule has 6 heteroatoms. The molecular formula is C19H33Cl2N3O. The van der Waals surface area contributed by atoms with Gasteiger partial charge >= 0.3 is 0 Å². The molecule has 0 saturated carbocycles. The number of hydrogen-bond acceptors (Lipinski definition) is 3. The highest BCUT2D eigenvalue weighted by molar-refractivity contribution is 5.85. The van der Waals surface area contributed by atoms with E-state index >= 15 is 0 Å². The third kappa shape index (κ3) is 8.41. The summed E-state index contributed by atoms with van der Waals surface area (Å²) in [6, 6.07) is 8.56. The van der Waals surface area contributed by atoms with Gasteiger partial charge in [-0.05, 0) is 37.4 Å². The standard InChI is InChI=1S/C19H31N3O.2ClH/c1-17-8-5-6-9-18(17)16-21-12-14-22(15-13-21)19(23)10-4-2-3-7-11-20;;/h5-6,8-9H,2-4,7,10-16,20H2,1H3;2*1H. The number of halogens is 2. The fourth-order valence-electron chi connectivity index (χ4n) is 3.12. The van der Waals surface area contributed by atoms with Gasteiger partial charge in [0, 0.05) is 39.1 Å². The number of amides is 1. The summed E-state index contributed by atoms with van der Waals surface area (Å²) in [5.74, 6) is 0.327. The SMILES string of the molecule is Cc1ccccc1CN1CCN(C(=O)CCCCCCN)CC1.Cl.Cl. The molecule has 1 aromatic rings. The van der Waals surface area contributed by atoms with Gasteiger partial charge in [0.05, 0.1) is 0 Å². The van der Waals surface area contributed by atoms with Gasteiger partial charge in [0.2, 0.25) is 5.91 Å². The average Bonchev–Trinajstić information content (AvgIpc) is 2.57. The van der Waals surface area contributed by atoms with Crippen molar-refractivity contribution < 1.29 is 4.79 Å². The summed E-state index contributed by atoms with van der Waals surface area (Å²) in [5.41, 5.74) is 8.23. The van der Waals surface area contributed by atoms with Gasteiger partial charge < -0.3 is 10.6 Å². The first-order valence-electron chi connectivity index (χ1n) is 8.95. The van der Waals surface area contributed by atoms with E-state index < -0.39 is 0 Å². The number of aryl methyl sites for hydroxylation is 1. The maximum Gasteiger partial charge on any atom is 0.222 e. The van der Waals surface area contributed by atoms with Crippen LogP contribution < -0.4 is 5.73 Å². The van der Waals surface area contributed by atoms with Crippen molar-refractivity contribution in [1.29, 1.82) is 0 Å². The van der Waals surface area contributed by atoms with Crippen LogP contribution in [0.3, 0.4) is 0 Å². The number of benzene rings is 1. The third-order valence-electron chi connectivity index (χ3n) is 4.72. The number of hydrogen-bond donors (Lipinski definition) is 1. The van der Waals surface area contributed by atoms with Crippen LogP contribution in [0.25, 0.3) is 0 Å². The molecule has 0 bridgehead atoms. The molecule has 1 heterocycles. The summed E-state index contributed by atoms with van der Waals surface area (Å²) in [7, 11) is 0. The number of unbranched alkanes of at least 4 members (excludes halogenated alkanes) is 3. The molecule has 0 spiro atoms. The van der Waals surface area contributed by atoms with E-state index in [9.17, 15) is 4.79 Å². The lowest BCUT2D eigenvalue weighted by atomic mass is 10.1. The Morgan fingerprint density at radius 3 is 2.28 bits per heavy atom. The van der Waals surface area contributed by atoms with Crippen LogP contribution >= 0.6 is 24.8 Å². The van der Waals surface area contributed by atoms with E-state index in [-0.39, 0.29) is 24.8 Å². The highest BCUT2D eigenvalue weighted by Crippen LogP contribution is 2.13. The molecule has 144 valence electrons. The van der Waals surface area contributed by atoms with E-state index in [1.807, 2.05) is 4.90 Å². The largest absolute Gasteiger partial charge is 0.340 e. The average molecular weight is 390 g/mol. The van der Waals surface area contributed by atoms with Crippen molar-refractivity contribution in [2.24, 2.45) is 5.73 Å². The zero-order valence-corrected chi connectivity index (χ0v) is 16.9. The van der Waals surface area contributed by atoms with Crippen LogP contribution in [0.4, 0.5) is 0 Å². The van der Waals surface area contributed by atoms with Crippen LogP contribution in [0.1, 0.15) is 43.2 Å². The molecule has 0 atom stereocenters. The predicted molar refractivity (Wildman–Crippen MR) is 110 cm³/mol. The highest BCUT2D eigenvalue weighted by Gasteiger charge is 2.20. The lowest BCUT2D eigenvalue weighted by Gasteiger charge is -2.35. The Bertz CT molecular complexity index is 491. The van der Waals surface area contributed by atoms with Gasteiger partial charge in [-0.2, -0.15) is 0 Å². The molecule has 0 aromatic heterocycles. The van der Waals surface area contributed by atoms with Crippen LogP contribution in [-0.4, -0.2) is 48.4 Å². The predicted octanol–water partition coefficient (Wildman–Crippen LogP) is 3.39. The van der Waals surface area contributed by atoms with E-state index in [1.54, 1.807) is 0 Å². The number of piperazine rings is 1. The molecular weight excluding hydrogens is 357 g/mol. The van der Waals surface area contributed by atoms with E-state index in [1.165, 1.54) is 11.1 Å². The zero-order valence-electron chi connectivity index (χ0n) is 15.3. The maximum atomic E-state index is 12.2. The molecule has 1 saturated heterocycles. The minimum absolute atomic E-state index is 0. The first kappa shape index (κ1) is 24.2. The lowest BCUT2D eigenvalue weighted by molar-refractivity contribution is -0.133. The van der Waals surface area contributed by atoms with Gasteiger partial charge in [0.1, 0.15) is 0 Å². The van der Waals surface area contributed by atoms with Crippen LogP contribution in [0.5, 0.6) is 0 Å². The Balaban J connectivity index is 0.00000288. The van der Waals surface area contributed by atoms with Crippen LogP contribution in [0.2, 0.25) is 0 Å². The number of carbonyl (C=O) groups is 1. The molecule has 2 rings (SSSR count). The number of nitrogens with two attached hydrogens (primary N) is 1. The minimum atomic E-state index is 0. The first-order chi connectivity index (χ1) is 11.2. The lowest BCUT2D eigenvalue weighted by Crippen LogP contribution is -2.48. The van der Waals surface area contributed by atoms with Crippen LogP contribution in [-0.2, 0) is 11.3 Å². The van der Waals surface area contributed by atoms with E-state index in [0.29, 0.717) is 12.3 Å². The Morgan fingerprint density at radius 2 is 1.64 bits per heavy atom. The summed E-state index contributed by atoms with van der Waals surface area (Å²) in [4.78, 5) is 16.7. The molecule has 0 radical (unpaired) electrons. The van der Waals surface area contributed by atoms with Crippen molar-refractivity contribution in [3.8, 4) is 0 Å². The Hall–Kier alpha value is -0.810. The van der Waals surface area contributed by atoms with Crippen LogP contribution in [0, 0.1) is 6.92 Å². The number of rotatable bonds is 8. The summed E-state index contributed by atoms with van der Waals surface area (Å²) in [6.45, 7) is 7.62. The van der Waals surface area contributed by atoms with Crippen molar-refractivity contribution in [2.75, 3.05) is 32.7 Å². The molecule has 1 amide bonds. The van der Waals surface area contributed by atoms with Gasteiger partial charge in [-0.15, -0.1) is 24.8 Å². The number of carbonyl (C=O) groups excluding carboxylic acids is 1. The molecule has 4 nitrogen and oxygen atoms in total. The summed E-state index contributed by atoms with van der Waals surface area (Å²) in [6.07, 6.45) is 5.04. The van der Waals surface area contributed by atoms with E-state index in [2.05, 4.69) is 36.1 Å². The van der Waals surface area contributed by atoms with E-state index in [4.69, 9.17) is 5.73 Å². The molecule has 0 unspecified atom stereocenters. The summed E-state index contributed by atoms with van der Waals surface area (Å²) in [5, 5.41) is 0. The molecule has 1 aromatic carbocycles. The van der Waals surface area contributed by atoms with Crippen molar-refractivity contribution in [3.05, 3.63) is 35.4 Å². The molecule has 0 aliphatic carbocycles. The second kappa shape index (κ2) is 13.4. The Labute approximate surface area is 164 Å². The monoisotopic (exact) mass is 389 g/mol. The number of nitrogens with zero attached hydrogens (tertiary/aromatic N) is 2. The topological polar surface area (TPSA) is 49.6 Å². The molecule has 1 fully saturated rings. The molecule has 2 N–H and O–H groups in total. The quantitative estimate of drug-likeness (QED) is 0.693. The van der Waals surface area contributed by atoms with E-state index in [0.717, 1.165) is 65.0 Å². The summed E-state index contributed by atoms with van der Waals surface area (Å²) >= 11 is 0. The fourth-order valence-corrected chi connectivity index (χ4v) is 3.12. The normalized spacial score (nSPS) is 14.6. The maximum absolute atomic E-state index is 12.2. The molecule has 1 aliphatic rings. The minimum Gasteiger partial charge on any atom is -0.340 e. The van der Waals surface area contributed by atoms with Crippen molar-refractivity contribution in [3.63, 3.8) is 0 Å². The molecule has 1 aliphatic heterocycles. The first-order valence-corrected chi connectivity index (χ1v) is 8.95. The second-order valence-electron chi connectivity index (χ2n) is 6.54. The van der Waals surface area contributed by atoms with Gasteiger partial charge in [-0.1, -0.05) is 37.1 Å². The zero-order chi connectivity index (χ0) is 16.5. The van der Waals surface area contributed by atoms with Crippen molar-refractivity contribution >= 4 is 30.7 Å². The highest BCUT2D eigenvalue weighted by atomic mass is 35.5. The van der Waals surface area contributed by atoms with Crippen molar-refractivity contribution in [1.82, 2.24) is 9.80 Å². The Morgan fingerprint density at radius 1 is 1.00 bits per heavy atom. The molecule has 25 heavy (non-hydrogen) atoms. The third-order valence-corrected chi connectivity index (χ3v) is 4.72. The van der Waals surface area contributed by atoms with Gasteiger partial charge in [0.25, 0.3) is 0 Å². The van der Waals surface area contributed by atoms with Gasteiger partial charge in [0.15, 0.2) is 0 Å². The second-order valence-corrected chi connectivity index (χ2v) is 6.54.